The van der Waals surface area contributed by atoms with Crippen LogP contribution in [0.2, 0.25) is 0 Å². The van der Waals surface area contributed by atoms with E-state index < -0.39 is 0 Å². The van der Waals surface area contributed by atoms with E-state index in [4.69, 9.17) is 4.99 Å². The lowest BCUT2D eigenvalue weighted by Crippen LogP contribution is -2.24. The van der Waals surface area contributed by atoms with Gasteiger partial charge in [-0.2, -0.15) is 0 Å². The van der Waals surface area contributed by atoms with E-state index in [0.717, 1.165) is 30.2 Å². The number of aryl methyl sites for hydroxylation is 2. The smallest absolute Gasteiger partial charge is 0.161 e. The zero-order valence-electron chi connectivity index (χ0n) is 12.4. The number of amidine groups is 1. The molecule has 0 aliphatic carbocycles. The van der Waals surface area contributed by atoms with Gasteiger partial charge in [0.25, 0.3) is 0 Å². The molecule has 3 heteroatoms. The molecule has 0 aromatic heterocycles. The third kappa shape index (κ3) is 2.97. The maximum atomic E-state index is 4.94. The molecule has 2 rings (SSSR count). The van der Waals surface area contributed by atoms with Gasteiger partial charge in [-0.25, -0.2) is 0 Å². The third-order valence-corrected chi connectivity index (χ3v) is 5.25. The summed E-state index contributed by atoms with van der Waals surface area (Å²) in [7, 11) is 0. The molecular formula is C16H24N2S. The zero-order chi connectivity index (χ0) is 13.9. The van der Waals surface area contributed by atoms with Crippen molar-refractivity contribution >= 4 is 22.6 Å². The van der Waals surface area contributed by atoms with Gasteiger partial charge in [0.15, 0.2) is 5.17 Å². The van der Waals surface area contributed by atoms with Crippen LogP contribution >= 0.6 is 11.8 Å². The molecule has 1 aromatic rings. The molecule has 0 amide bonds. The van der Waals surface area contributed by atoms with Gasteiger partial charge >= 0.3 is 0 Å². The van der Waals surface area contributed by atoms with Crippen LogP contribution in [0.3, 0.4) is 0 Å². The van der Waals surface area contributed by atoms with Gasteiger partial charge in [0.05, 0.1) is 5.54 Å². The average molecular weight is 276 g/mol. The number of anilines is 1. The lowest BCUT2D eigenvalue weighted by atomic mass is 9.97. The normalized spacial score (nSPS) is 17.4. The van der Waals surface area contributed by atoms with Crippen molar-refractivity contribution in [3.05, 3.63) is 29.3 Å². The van der Waals surface area contributed by atoms with Gasteiger partial charge in [-0.3, -0.25) is 4.99 Å². The summed E-state index contributed by atoms with van der Waals surface area (Å²) in [6.45, 7) is 8.84. The average Bonchev–Trinajstić information content (AvgIpc) is 2.85. The number of hydrogen-bond donors (Lipinski definition) is 1. The number of para-hydroxylation sites is 1. The number of benzene rings is 1. The highest BCUT2D eigenvalue weighted by Crippen LogP contribution is 2.34. The van der Waals surface area contributed by atoms with Crippen molar-refractivity contribution < 1.29 is 0 Å². The number of aliphatic imine (C=N–C) groups is 1. The molecular weight excluding hydrogens is 252 g/mol. The second-order valence-corrected chi connectivity index (χ2v) is 6.19. The molecule has 1 aliphatic rings. The Morgan fingerprint density at radius 3 is 2.58 bits per heavy atom. The lowest BCUT2D eigenvalue weighted by Gasteiger charge is -2.20. The number of rotatable bonds is 4. The summed E-state index contributed by atoms with van der Waals surface area (Å²) in [5.74, 6) is 1.11. The van der Waals surface area contributed by atoms with Gasteiger partial charge in [0.1, 0.15) is 0 Å². The van der Waals surface area contributed by atoms with Crippen molar-refractivity contribution in [3.8, 4) is 0 Å². The number of nitrogens with zero attached hydrogens (tertiary/aromatic N) is 1. The first-order chi connectivity index (χ1) is 9.14. The van der Waals surface area contributed by atoms with Gasteiger partial charge in [-0.05, 0) is 37.3 Å². The molecule has 1 heterocycles. The van der Waals surface area contributed by atoms with E-state index in [-0.39, 0.29) is 5.54 Å². The van der Waals surface area contributed by atoms with Crippen molar-refractivity contribution in [1.82, 2.24) is 0 Å². The summed E-state index contributed by atoms with van der Waals surface area (Å²) in [6.07, 6.45) is 3.29. The van der Waals surface area contributed by atoms with Crippen molar-refractivity contribution in [2.45, 2.75) is 52.5 Å². The fourth-order valence-corrected chi connectivity index (χ4v) is 3.78. The van der Waals surface area contributed by atoms with Crippen molar-refractivity contribution in [1.29, 1.82) is 0 Å². The Kier molecular flexibility index (Phi) is 4.56. The van der Waals surface area contributed by atoms with Gasteiger partial charge in [0, 0.05) is 11.4 Å². The zero-order valence-corrected chi connectivity index (χ0v) is 13.2. The van der Waals surface area contributed by atoms with Crippen LogP contribution in [0, 0.1) is 6.92 Å². The predicted octanol–water partition coefficient (Wildman–Crippen LogP) is 4.63. The van der Waals surface area contributed by atoms with E-state index in [9.17, 15) is 0 Å². The van der Waals surface area contributed by atoms with Crippen molar-refractivity contribution in [2.75, 3.05) is 11.1 Å². The highest BCUT2D eigenvalue weighted by atomic mass is 32.2. The Balaban J connectivity index is 2.23. The highest BCUT2D eigenvalue weighted by Gasteiger charge is 2.32. The van der Waals surface area contributed by atoms with Crippen LogP contribution in [0.25, 0.3) is 0 Å². The molecule has 0 spiro atoms. The predicted molar refractivity (Wildman–Crippen MR) is 87.4 cm³/mol. The summed E-state index contributed by atoms with van der Waals surface area (Å²) >= 11 is 1.86. The minimum Gasteiger partial charge on any atom is -0.335 e. The quantitative estimate of drug-likeness (QED) is 0.867. The van der Waals surface area contributed by atoms with E-state index in [2.05, 4.69) is 51.2 Å². The summed E-state index contributed by atoms with van der Waals surface area (Å²) < 4.78 is 0. The molecule has 0 fully saturated rings. The summed E-state index contributed by atoms with van der Waals surface area (Å²) in [5, 5.41) is 4.66. The fourth-order valence-electron chi connectivity index (χ4n) is 2.47. The maximum Gasteiger partial charge on any atom is 0.161 e. The molecule has 1 aliphatic heterocycles. The van der Waals surface area contributed by atoms with Crippen LogP contribution in [-0.4, -0.2) is 16.5 Å². The molecule has 1 aromatic carbocycles. The minimum absolute atomic E-state index is 0.155. The number of thioether (sulfide) groups is 1. The molecule has 104 valence electrons. The monoisotopic (exact) mass is 276 g/mol. The summed E-state index contributed by atoms with van der Waals surface area (Å²) in [4.78, 5) is 4.94. The minimum atomic E-state index is 0.155. The molecule has 19 heavy (non-hydrogen) atoms. The third-order valence-electron chi connectivity index (χ3n) is 4.10. The van der Waals surface area contributed by atoms with Crippen LogP contribution in [-0.2, 0) is 6.42 Å². The maximum absolute atomic E-state index is 4.94. The molecule has 0 saturated carbocycles. The van der Waals surface area contributed by atoms with E-state index in [1.165, 1.54) is 16.8 Å². The van der Waals surface area contributed by atoms with Gasteiger partial charge < -0.3 is 5.32 Å². The first-order valence-electron chi connectivity index (χ1n) is 7.22. The first-order valence-corrected chi connectivity index (χ1v) is 8.21. The Hall–Kier alpha value is -0.960. The highest BCUT2D eigenvalue weighted by molar-refractivity contribution is 8.14. The van der Waals surface area contributed by atoms with E-state index in [0.29, 0.717) is 0 Å². The second kappa shape index (κ2) is 6.00. The van der Waals surface area contributed by atoms with E-state index >= 15 is 0 Å². The lowest BCUT2D eigenvalue weighted by molar-refractivity contribution is 0.456. The van der Waals surface area contributed by atoms with Crippen LogP contribution in [0.4, 0.5) is 5.69 Å². The molecule has 1 N–H and O–H groups in total. The Bertz CT molecular complexity index is 476. The van der Waals surface area contributed by atoms with Crippen molar-refractivity contribution in [2.24, 2.45) is 4.99 Å². The molecule has 0 atom stereocenters. The molecule has 0 saturated heterocycles. The van der Waals surface area contributed by atoms with E-state index in [1.54, 1.807) is 0 Å². The molecule has 2 nitrogen and oxygen atoms in total. The summed E-state index contributed by atoms with van der Waals surface area (Å²) in [6, 6.07) is 6.49. The molecule has 0 radical (unpaired) electrons. The standard InChI is InChI=1S/C16H24N2S/c1-5-13-10-8-9-12(4)14(13)17-15-18-16(6-2,7-3)11-19-15/h8-10H,5-7,11H2,1-4H3,(H,17,18). The Morgan fingerprint density at radius 1 is 1.26 bits per heavy atom. The van der Waals surface area contributed by atoms with Gasteiger partial charge in [0.2, 0.25) is 0 Å². The van der Waals surface area contributed by atoms with Crippen LogP contribution in [0.15, 0.2) is 23.2 Å². The first kappa shape index (κ1) is 14.4. The molecule has 0 bridgehead atoms. The number of nitrogens with one attached hydrogen (secondary N) is 1. The SMILES string of the molecule is CCc1cccc(C)c1NC1=NC(CC)(CC)CS1. The van der Waals surface area contributed by atoms with Gasteiger partial charge in [-0.15, -0.1) is 0 Å². The Morgan fingerprint density at radius 2 is 2.00 bits per heavy atom. The summed E-state index contributed by atoms with van der Waals surface area (Å²) in [5.41, 5.74) is 4.07. The topological polar surface area (TPSA) is 24.4 Å². The van der Waals surface area contributed by atoms with Crippen LogP contribution < -0.4 is 5.32 Å². The second-order valence-electron chi connectivity index (χ2n) is 5.22. The number of hydrogen-bond acceptors (Lipinski definition) is 3. The molecule has 0 unspecified atom stereocenters. The largest absolute Gasteiger partial charge is 0.335 e. The Labute approximate surface area is 121 Å². The fraction of sp³-hybridized carbons (Fsp3) is 0.562. The van der Waals surface area contributed by atoms with Crippen LogP contribution in [0.5, 0.6) is 0 Å². The van der Waals surface area contributed by atoms with Crippen LogP contribution in [0.1, 0.15) is 44.7 Å². The van der Waals surface area contributed by atoms with E-state index in [1.807, 2.05) is 11.8 Å². The van der Waals surface area contributed by atoms with Crippen molar-refractivity contribution in [3.63, 3.8) is 0 Å². The van der Waals surface area contributed by atoms with Gasteiger partial charge in [-0.1, -0.05) is 50.7 Å².